The van der Waals surface area contributed by atoms with Gasteiger partial charge in [-0.15, -0.1) is 11.3 Å². The largest absolute Gasteiger partial charge is 0.314 e. The summed E-state index contributed by atoms with van der Waals surface area (Å²) in [7, 11) is 2.13. The van der Waals surface area contributed by atoms with Gasteiger partial charge in [0, 0.05) is 16.6 Å². The summed E-state index contributed by atoms with van der Waals surface area (Å²) in [4.78, 5) is 5.91. The molecule has 1 aliphatic carbocycles. The van der Waals surface area contributed by atoms with Gasteiger partial charge < -0.3 is 10.6 Å². The predicted octanol–water partition coefficient (Wildman–Crippen LogP) is 3.67. The van der Waals surface area contributed by atoms with E-state index in [9.17, 15) is 0 Å². The third kappa shape index (κ3) is 4.03. The van der Waals surface area contributed by atoms with Gasteiger partial charge in [-0.05, 0) is 46.2 Å². The molecule has 4 heteroatoms. The fourth-order valence-electron chi connectivity index (χ4n) is 3.16. The first-order valence-electron chi connectivity index (χ1n) is 8.06. The van der Waals surface area contributed by atoms with Gasteiger partial charge in [-0.2, -0.15) is 0 Å². The Morgan fingerprint density at radius 2 is 2.10 bits per heavy atom. The predicted molar refractivity (Wildman–Crippen MR) is 87.4 cm³/mol. The Labute approximate surface area is 127 Å². The second-order valence-corrected chi connectivity index (χ2v) is 7.18. The smallest absolute Gasteiger partial charge is 0.109 e. The van der Waals surface area contributed by atoms with Crippen molar-refractivity contribution in [3.63, 3.8) is 0 Å². The number of nitrogens with one attached hydrogen (secondary N) is 2. The first kappa shape index (κ1) is 15.9. The van der Waals surface area contributed by atoms with Crippen LogP contribution < -0.4 is 10.6 Å². The lowest BCUT2D eigenvalue weighted by atomic mass is 9.79. The number of rotatable bonds is 7. The van der Waals surface area contributed by atoms with Crippen molar-refractivity contribution < 1.29 is 0 Å². The topological polar surface area (TPSA) is 37.0 Å². The number of hydrogen-bond donors (Lipinski definition) is 2. The number of hydrogen-bond acceptors (Lipinski definition) is 4. The molecule has 2 rings (SSSR count). The monoisotopic (exact) mass is 295 g/mol. The van der Waals surface area contributed by atoms with Crippen LogP contribution in [0.5, 0.6) is 0 Å². The summed E-state index contributed by atoms with van der Waals surface area (Å²) in [6.07, 6.45) is 11.2. The van der Waals surface area contributed by atoms with Crippen LogP contribution >= 0.6 is 11.3 Å². The number of thiazole rings is 1. The molecule has 0 aromatic carbocycles. The molecule has 20 heavy (non-hydrogen) atoms. The lowest BCUT2D eigenvalue weighted by Gasteiger charge is -2.37. The van der Waals surface area contributed by atoms with Gasteiger partial charge in [-0.25, -0.2) is 4.98 Å². The summed E-state index contributed by atoms with van der Waals surface area (Å²) in [6.45, 7) is 5.49. The molecular weight excluding hydrogens is 266 g/mol. The molecule has 0 aliphatic heterocycles. The summed E-state index contributed by atoms with van der Waals surface area (Å²) in [5, 5.41) is 8.47. The third-order valence-electron chi connectivity index (χ3n) is 4.69. The summed E-state index contributed by atoms with van der Waals surface area (Å²) in [6, 6.07) is 0.373. The van der Waals surface area contributed by atoms with Gasteiger partial charge in [-0.1, -0.05) is 26.2 Å². The molecule has 0 radical (unpaired) electrons. The van der Waals surface area contributed by atoms with Crippen LogP contribution in [0, 0.1) is 0 Å². The second-order valence-electron chi connectivity index (χ2n) is 6.04. The summed E-state index contributed by atoms with van der Waals surface area (Å²) in [5.74, 6) is 0. The molecule has 1 aliphatic rings. The standard InChI is InChI=1S/C16H29N3S/c1-4-14-12-19-15(20-14)13(2)18-11-10-16(17-3)8-6-5-7-9-16/h12-13,17-18H,4-11H2,1-3H3. The minimum atomic E-state index is 0.373. The fourth-order valence-corrected chi connectivity index (χ4v) is 4.04. The van der Waals surface area contributed by atoms with Gasteiger partial charge in [0.15, 0.2) is 0 Å². The van der Waals surface area contributed by atoms with Crippen molar-refractivity contribution in [2.75, 3.05) is 13.6 Å². The van der Waals surface area contributed by atoms with Crippen LogP contribution in [-0.4, -0.2) is 24.1 Å². The average Bonchev–Trinajstić information content (AvgIpc) is 2.97. The van der Waals surface area contributed by atoms with Crippen LogP contribution in [-0.2, 0) is 6.42 Å². The fraction of sp³-hybridized carbons (Fsp3) is 0.812. The van der Waals surface area contributed by atoms with E-state index in [1.807, 2.05) is 17.5 Å². The highest BCUT2D eigenvalue weighted by Gasteiger charge is 2.29. The van der Waals surface area contributed by atoms with E-state index >= 15 is 0 Å². The molecule has 1 unspecified atom stereocenters. The summed E-state index contributed by atoms with van der Waals surface area (Å²) < 4.78 is 0. The number of nitrogens with zero attached hydrogens (tertiary/aromatic N) is 1. The second kappa shape index (κ2) is 7.53. The van der Waals surface area contributed by atoms with Crippen LogP contribution in [0.4, 0.5) is 0 Å². The molecule has 0 bridgehead atoms. The van der Waals surface area contributed by atoms with Gasteiger partial charge in [0.1, 0.15) is 5.01 Å². The molecule has 1 fully saturated rings. The SMILES string of the molecule is CCc1cnc(C(C)NCCC2(NC)CCCCC2)s1. The first-order chi connectivity index (χ1) is 9.69. The quantitative estimate of drug-likeness (QED) is 0.806. The first-order valence-corrected chi connectivity index (χ1v) is 8.87. The summed E-state index contributed by atoms with van der Waals surface area (Å²) >= 11 is 1.84. The van der Waals surface area contributed by atoms with Crippen LogP contribution in [0.3, 0.4) is 0 Å². The zero-order chi connectivity index (χ0) is 14.4. The van der Waals surface area contributed by atoms with Crippen LogP contribution in [0.15, 0.2) is 6.20 Å². The molecule has 0 spiro atoms. The van der Waals surface area contributed by atoms with Crippen molar-refractivity contribution in [1.29, 1.82) is 0 Å². The Morgan fingerprint density at radius 3 is 2.70 bits per heavy atom. The van der Waals surface area contributed by atoms with E-state index in [-0.39, 0.29) is 0 Å². The summed E-state index contributed by atoms with van der Waals surface area (Å²) in [5.41, 5.74) is 0.377. The molecule has 114 valence electrons. The molecule has 1 saturated carbocycles. The van der Waals surface area contributed by atoms with Gasteiger partial charge in [0.2, 0.25) is 0 Å². The van der Waals surface area contributed by atoms with Crippen molar-refractivity contribution in [3.05, 3.63) is 16.1 Å². The Bertz CT molecular complexity index is 396. The van der Waals surface area contributed by atoms with Crippen molar-refractivity contribution in [1.82, 2.24) is 15.6 Å². The highest BCUT2D eigenvalue weighted by molar-refractivity contribution is 7.11. The Hall–Kier alpha value is -0.450. The molecule has 1 aromatic heterocycles. The maximum atomic E-state index is 4.53. The van der Waals surface area contributed by atoms with Crippen molar-refractivity contribution in [2.45, 2.75) is 70.4 Å². The molecular formula is C16H29N3S. The number of aryl methyl sites for hydroxylation is 1. The minimum absolute atomic E-state index is 0.373. The molecule has 1 aromatic rings. The van der Waals surface area contributed by atoms with Crippen molar-refractivity contribution in [3.8, 4) is 0 Å². The normalized spacial score (nSPS) is 19.9. The Balaban J connectivity index is 1.79. The van der Waals surface area contributed by atoms with E-state index < -0.39 is 0 Å². The van der Waals surface area contributed by atoms with Gasteiger partial charge in [-0.3, -0.25) is 0 Å². The van der Waals surface area contributed by atoms with E-state index in [4.69, 9.17) is 0 Å². The van der Waals surface area contributed by atoms with E-state index in [1.165, 1.54) is 48.4 Å². The van der Waals surface area contributed by atoms with Crippen LogP contribution in [0.2, 0.25) is 0 Å². The average molecular weight is 295 g/mol. The zero-order valence-corrected chi connectivity index (χ0v) is 14.0. The number of aromatic nitrogens is 1. The third-order valence-corrected chi connectivity index (χ3v) is 6.01. The molecule has 3 nitrogen and oxygen atoms in total. The Morgan fingerprint density at radius 1 is 1.35 bits per heavy atom. The van der Waals surface area contributed by atoms with E-state index in [0.29, 0.717) is 11.6 Å². The van der Waals surface area contributed by atoms with Gasteiger partial charge in [0.25, 0.3) is 0 Å². The molecule has 1 atom stereocenters. The maximum absolute atomic E-state index is 4.53. The van der Waals surface area contributed by atoms with Crippen LogP contribution in [0.1, 0.15) is 68.3 Å². The van der Waals surface area contributed by atoms with E-state index in [2.05, 4.69) is 36.5 Å². The molecule has 1 heterocycles. The van der Waals surface area contributed by atoms with Gasteiger partial charge >= 0.3 is 0 Å². The highest BCUT2D eigenvalue weighted by Crippen LogP contribution is 2.30. The molecule has 2 N–H and O–H groups in total. The molecule has 0 amide bonds. The van der Waals surface area contributed by atoms with Gasteiger partial charge in [0.05, 0.1) is 6.04 Å². The van der Waals surface area contributed by atoms with Crippen LogP contribution in [0.25, 0.3) is 0 Å². The zero-order valence-electron chi connectivity index (χ0n) is 13.2. The highest BCUT2D eigenvalue weighted by atomic mass is 32.1. The van der Waals surface area contributed by atoms with Crippen molar-refractivity contribution >= 4 is 11.3 Å². The lowest BCUT2D eigenvalue weighted by Crippen LogP contribution is -2.46. The van der Waals surface area contributed by atoms with E-state index in [1.54, 1.807) is 0 Å². The van der Waals surface area contributed by atoms with Crippen molar-refractivity contribution in [2.24, 2.45) is 0 Å². The lowest BCUT2D eigenvalue weighted by molar-refractivity contribution is 0.226. The maximum Gasteiger partial charge on any atom is 0.109 e. The minimum Gasteiger partial charge on any atom is -0.314 e. The Kier molecular flexibility index (Phi) is 6.00. The molecule has 0 saturated heterocycles. The van der Waals surface area contributed by atoms with E-state index in [0.717, 1.165) is 13.0 Å².